The Morgan fingerprint density at radius 3 is 2.61 bits per heavy atom. The summed E-state index contributed by atoms with van der Waals surface area (Å²) in [5.74, 6) is 1.83. The first-order chi connectivity index (χ1) is 15.2. The summed E-state index contributed by atoms with van der Waals surface area (Å²) in [5.41, 5.74) is 9.32. The van der Waals surface area contributed by atoms with Gasteiger partial charge in [-0.1, -0.05) is 25.1 Å². The number of guanidine groups is 2. The van der Waals surface area contributed by atoms with E-state index in [9.17, 15) is 0 Å². The lowest BCUT2D eigenvalue weighted by atomic mass is 10.1. The number of aryl methyl sites for hydroxylation is 1. The van der Waals surface area contributed by atoms with Gasteiger partial charge in [0.05, 0.1) is 19.8 Å². The van der Waals surface area contributed by atoms with E-state index < -0.39 is 6.29 Å². The number of ether oxygens (including phenoxy) is 2. The molecule has 164 valence electrons. The van der Waals surface area contributed by atoms with Crippen LogP contribution in [0.5, 0.6) is 5.75 Å². The van der Waals surface area contributed by atoms with Gasteiger partial charge in [-0.3, -0.25) is 4.90 Å². The van der Waals surface area contributed by atoms with Gasteiger partial charge in [0.15, 0.2) is 0 Å². The minimum atomic E-state index is -0.445. The summed E-state index contributed by atoms with van der Waals surface area (Å²) in [6.45, 7) is 7.56. The number of hydrogen-bond acceptors (Lipinski definition) is 8. The van der Waals surface area contributed by atoms with Crippen LogP contribution in [0, 0.1) is 0 Å². The van der Waals surface area contributed by atoms with Crippen molar-refractivity contribution >= 4 is 23.3 Å². The molecule has 2 aromatic carbocycles. The molecular weight excluding hydrogens is 392 g/mol. The second-order valence-electron chi connectivity index (χ2n) is 7.37. The maximum atomic E-state index is 6.15. The third kappa shape index (κ3) is 4.91. The molecule has 0 radical (unpaired) electrons. The molecule has 2 heterocycles. The third-order valence-electron chi connectivity index (χ3n) is 5.29. The van der Waals surface area contributed by atoms with Crippen LogP contribution in [-0.2, 0) is 11.2 Å². The van der Waals surface area contributed by atoms with Crippen molar-refractivity contribution in [2.24, 2.45) is 15.7 Å². The number of rotatable bonds is 6. The zero-order valence-electron chi connectivity index (χ0n) is 18.1. The SMILES string of the molecule is CCOc1cccc(NC2N=C(N)N=C(N3CCOCC3)N2c2ccc(CC)cc2)c1. The Balaban J connectivity index is 1.68. The van der Waals surface area contributed by atoms with Crippen molar-refractivity contribution in [3.8, 4) is 5.75 Å². The molecular formula is C23H30N6O2. The van der Waals surface area contributed by atoms with Crippen molar-refractivity contribution in [1.29, 1.82) is 0 Å². The molecule has 8 heteroatoms. The molecule has 0 aromatic heterocycles. The monoisotopic (exact) mass is 422 g/mol. The van der Waals surface area contributed by atoms with Crippen molar-refractivity contribution < 1.29 is 9.47 Å². The highest BCUT2D eigenvalue weighted by Gasteiger charge is 2.32. The number of nitrogens with zero attached hydrogens (tertiary/aromatic N) is 4. The molecule has 1 unspecified atom stereocenters. The molecule has 1 fully saturated rings. The largest absolute Gasteiger partial charge is 0.494 e. The van der Waals surface area contributed by atoms with E-state index in [1.165, 1.54) is 5.56 Å². The van der Waals surface area contributed by atoms with E-state index in [4.69, 9.17) is 15.2 Å². The van der Waals surface area contributed by atoms with Crippen molar-refractivity contribution in [3.05, 3.63) is 54.1 Å². The Morgan fingerprint density at radius 2 is 1.90 bits per heavy atom. The van der Waals surface area contributed by atoms with Crippen LogP contribution in [0.4, 0.5) is 11.4 Å². The van der Waals surface area contributed by atoms with Crippen molar-refractivity contribution in [2.75, 3.05) is 43.1 Å². The van der Waals surface area contributed by atoms with Crippen LogP contribution in [0.15, 0.2) is 58.5 Å². The molecule has 31 heavy (non-hydrogen) atoms. The van der Waals surface area contributed by atoms with Crippen LogP contribution < -0.4 is 20.7 Å². The van der Waals surface area contributed by atoms with Gasteiger partial charge in [0, 0.05) is 30.5 Å². The molecule has 0 aliphatic carbocycles. The zero-order chi connectivity index (χ0) is 21.6. The predicted octanol–water partition coefficient (Wildman–Crippen LogP) is 2.87. The molecule has 4 rings (SSSR count). The molecule has 1 atom stereocenters. The van der Waals surface area contributed by atoms with E-state index in [0.29, 0.717) is 19.8 Å². The third-order valence-corrected chi connectivity index (χ3v) is 5.29. The summed E-state index contributed by atoms with van der Waals surface area (Å²) in [6.07, 6.45) is 0.543. The van der Waals surface area contributed by atoms with E-state index in [1.54, 1.807) is 0 Å². The van der Waals surface area contributed by atoms with Gasteiger partial charge in [0.25, 0.3) is 0 Å². The fourth-order valence-corrected chi connectivity index (χ4v) is 3.70. The molecule has 2 aromatic rings. The lowest BCUT2D eigenvalue weighted by Crippen LogP contribution is -2.57. The first-order valence-corrected chi connectivity index (χ1v) is 10.8. The van der Waals surface area contributed by atoms with Gasteiger partial charge in [0.1, 0.15) is 5.75 Å². The van der Waals surface area contributed by atoms with Gasteiger partial charge in [-0.15, -0.1) is 0 Å². The molecule has 0 amide bonds. The van der Waals surface area contributed by atoms with Crippen LogP contribution in [0.3, 0.4) is 0 Å². The molecule has 2 aliphatic rings. The predicted molar refractivity (Wildman–Crippen MR) is 125 cm³/mol. The quantitative estimate of drug-likeness (QED) is 0.744. The van der Waals surface area contributed by atoms with Crippen LogP contribution in [-0.4, -0.2) is 56.0 Å². The van der Waals surface area contributed by atoms with Crippen molar-refractivity contribution in [1.82, 2.24) is 4.90 Å². The molecule has 0 saturated carbocycles. The molecule has 3 N–H and O–H groups in total. The van der Waals surface area contributed by atoms with Crippen LogP contribution >= 0.6 is 0 Å². The van der Waals surface area contributed by atoms with Crippen LogP contribution in [0.2, 0.25) is 0 Å². The number of aliphatic imine (C=N–C) groups is 2. The van der Waals surface area contributed by atoms with E-state index in [2.05, 4.69) is 56.3 Å². The van der Waals surface area contributed by atoms with Gasteiger partial charge in [-0.2, -0.15) is 4.99 Å². The van der Waals surface area contributed by atoms with Crippen molar-refractivity contribution in [2.45, 2.75) is 26.6 Å². The molecule has 8 nitrogen and oxygen atoms in total. The maximum Gasteiger partial charge on any atom is 0.222 e. The Kier molecular flexibility index (Phi) is 6.57. The topological polar surface area (TPSA) is 87.7 Å². The highest BCUT2D eigenvalue weighted by molar-refractivity contribution is 6.06. The average molecular weight is 423 g/mol. The van der Waals surface area contributed by atoms with E-state index >= 15 is 0 Å². The minimum absolute atomic E-state index is 0.251. The molecule has 1 saturated heterocycles. The number of morpholine rings is 1. The minimum Gasteiger partial charge on any atom is -0.494 e. The molecule has 2 aliphatic heterocycles. The summed E-state index contributed by atoms with van der Waals surface area (Å²) < 4.78 is 11.2. The molecule has 0 spiro atoms. The second-order valence-corrected chi connectivity index (χ2v) is 7.37. The first-order valence-electron chi connectivity index (χ1n) is 10.8. The number of nitrogens with two attached hydrogens (primary N) is 1. The number of benzene rings is 2. The fourth-order valence-electron chi connectivity index (χ4n) is 3.70. The fraction of sp³-hybridized carbons (Fsp3) is 0.391. The van der Waals surface area contributed by atoms with Gasteiger partial charge in [-0.05, 0) is 43.2 Å². The summed E-state index contributed by atoms with van der Waals surface area (Å²) in [4.78, 5) is 13.5. The smallest absolute Gasteiger partial charge is 0.222 e. The highest BCUT2D eigenvalue weighted by Crippen LogP contribution is 2.26. The zero-order valence-corrected chi connectivity index (χ0v) is 18.1. The van der Waals surface area contributed by atoms with E-state index in [-0.39, 0.29) is 5.96 Å². The summed E-state index contributed by atoms with van der Waals surface area (Å²) in [6, 6.07) is 16.4. The van der Waals surface area contributed by atoms with Crippen molar-refractivity contribution in [3.63, 3.8) is 0 Å². The van der Waals surface area contributed by atoms with Crippen LogP contribution in [0.1, 0.15) is 19.4 Å². The lowest BCUT2D eigenvalue weighted by molar-refractivity contribution is 0.0671. The molecule has 0 bridgehead atoms. The summed E-state index contributed by atoms with van der Waals surface area (Å²) in [5, 5.41) is 3.50. The standard InChI is InChI=1S/C23H30N6O2/c1-3-17-8-10-19(11-9-17)29-22(25-18-6-5-7-20(16-18)31-4-2)26-21(24)27-23(29)28-12-14-30-15-13-28/h5-11,16,22,25H,3-4,12-15H2,1-2H3,(H2,24,26). The van der Waals surface area contributed by atoms with E-state index in [0.717, 1.165) is 42.6 Å². The number of nitrogens with one attached hydrogen (secondary N) is 1. The normalized spacial score (nSPS) is 19.0. The van der Waals surface area contributed by atoms with Gasteiger partial charge in [-0.25, -0.2) is 4.99 Å². The average Bonchev–Trinajstić information content (AvgIpc) is 2.80. The summed E-state index contributed by atoms with van der Waals surface area (Å²) >= 11 is 0. The number of hydrogen-bond donors (Lipinski definition) is 2. The van der Waals surface area contributed by atoms with Gasteiger partial charge >= 0.3 is 0 Å². The lowest BCUT2D eigenvalue weighted by Gasteiger charge is -2.41. The summed E-state index contributed by atoms with van der Waals surface area (Å²) in [7, 11) is 0. The maximum absolute atomic E-state index is 6.15. The number of anilines is 2. The Labute approximate surface area is 183 Å². The second kappa shape index (κ2) is 9.70. The van der Waals surface area contributed by atoms with E-state index in [1.807, 2.05) is 31.2 Å². The van der Waals surface area contributed by atoms with Gasteiger partial charge < -0.3 is 25.4 Å². The first kappa shape index (κ1) is 21.0. The van der Waals surface area contributed by atoms with Crippen LogP contribution in [0.25, 0.3) is 0 Å². The van der Waals surface area contributed by atoms with Gasteiger partial charge in [0.2, 0.25) is 18.2 Å². The highest BCUT2D eigenvalue weighted by atomic mass is 16.5. The Hall–Kier alpha value is -3.26. The Bertz CT molecular complexity index is 937. The Morgan fingerprint density at radius 1 is 1.13 bits per heavy atom.